The van der Waals surface area contributed by atoms with E-state index in [0.29, 0.717) is 45.3 Å². The van der Waals surface area contributed by atoms with Crippen molar-refractivity contribution in [2.75, 3.05) is 32.8 Å². The summed E-state index contributed by atoms with van der Waals surface area (Å²) in [6.07, 6.45) is 6.35. The van der Waals surface area contributed by atoms with Gasteiger partial charge in [-0.05, 0) is 46.0 Å². The Morgan fingerprint density at radius 2 is 1.89 bits per heavy atom. The molecule has 3 amide bonds. The van der Waals surface area contributed by atoms with Crippen LogP contribution < -0.4 is 0 Å². The number of aliphatic hydroxyl groups is 1. The molecule has 8 heteroatoms. The van der Waals surface area contributed by atoms with E-state index in [2.05, 4.69) is 13.2 Å². The molecule has 8 nitrogen and oxygen atoms in total. The summed E-state index contributed by atoms with van der Waals surface area (Å²) in [6.45, 7) is 17.0. The van der Waals surface area contributed by atoms with Gasteiger partial charge in [-0.2, -0.15) is 0 Å². The largest absolute Gasteiger partial charge is 0.396 e. The van der Waals surface area contributed by atoms with Gasteiger partial charge in [-0.15, -0.1) is 13.2 Å². The van der Waals surface area contributed by atoms with E-state index < -0.39 is 29.1 Å². The summed E-state index contributed by atoms with van der Waals surface area (Å²) in [7, 11) is 0. The molecule has 35 heavy (non-hydrogen) atoms. The monoisotopic (exact) mass is 489 g/mol. The average molecular weight is 490 g/mol. The highest BCUT2D eigenvalue weighted by atomic mass is 16.5. The van der Waals surface area contributed by atoms with E-state index in [1.165, 1.54) is 0 Å². The molecule has 0 aromatic heterocycles. The van der Waals surface area contributed by atoms with E-state index in [-0.39, 0.29) is 36.9 Å². The van der Waals surface area contributed by atoms with Crippen LogP contribution in [-0.4, -0.2) is 93.6 Å². The summed E-state index contributed by atoms with van der Waals surface area (Å²) < 4.78 is 6.81. The number of hydrogen-bond donors (Lipinski definition) is 1. The molecule has 0 aromatic rings. The fraction of sp³-hybridized carbons (Fsp3) is 0.741. The van der Waals surface area contributed by atoms with E-state index in [1.54, 1.807) is 26.9 Å². The lowest BCUT2D eigenvalue weighted by atomic mass is 9.64. The van der Waals surface area contributed by atoms with Crippen molar-refractivity contribution in [2.45, 2.75) is 83.1 Å². The van der Waals surface area contributed by atoms with Crippen LogP contribution in [0.5, 0.6) is 0 Å². The molecule has 0 aliphatic carbocycles. The van der Waals surface area contributed by atoms with Crippen LogP contribution in [0.4, 0.5) is 0 Å². The molecule has 0 aromatic carbocycles. The van der Waals surface area contributed by atoms with Gasteiger partial charge < -0.3 is 24.5 Å². The Morgan fingerprint density at radius 3 is 2.43 bits per heavy atom. The zero-order valence-electron chi connectivity index (χ0n) is 21.9. The van der Waals surface area contributed by atoms with Crippen molar-refractivity contribution in [2.24, 2.45) is 11.8 Å². The van der Waals surface area contributed by atoms with Crippen LogP contribution in [0, 0.1) is 11.8 Å². The molecule has 5 atom stereocenters. The third-order valence-electron chi connectivity index (χ3n) is 8.12. The minimum absolute atomic E-state index is 0.0875. The van der Waals surface area contributed by atoms with Crippen molar-refractivity contribution in [3.8, 4) is 0 Å². The smallest absolute Gasteiger partial charge is 0.248 e. The molecule has 3 fully saturated rings. The number of nitrogens with zero attached hydrogens (tertiary/aromatic N) is 3. The Balaban J connectivity index is 2.11. The molecule has 0 radical (unpaired) electrons. The van der Waals surface area contributed by atoms with Crippen LogP contribution in [0.15, 0.2) is 25.3 Å². The van der Waals surface area contributed by atoms with Gasteiger partial charge in [0.1, 0.15) is 11.6 Å². The molecule has 3 aliphatic heterocycles. The highest BCUT2D eigenvalue weighted by Crippen LogP contribution is 2.64. The van der Waals surface area contributed by atoms with Gasteiger partial charge in [0.25, 0.3) is 0 Å². The molecule has 0 saturated carbocycles. The SMILES string of the molecule is C=CCN(CCC)C(=O)[C@@H]1[C@H]2C(=O)N(CCCO)C(C(=O)N(CC=C)C(C)C)C23CC[C@@]1(CC)O3. The van der Waals surface area contributed by atoms with Crippen LogP contribution in [0.25, 0.3) is 0 Å². The standard InChI is InChI=1S/C27H43N3O5/c1-7-14-28(15-8-2)23(32)20-21-24(33)30(17-11-18-31)22(25(34)29(16-9-3)19(5)6)27(21)13-12-26(20,10-4)35-27/h7,9,19-22,31H,1,3,8,10-18H2,2,4-6H3/t20-,21-,22?,26+,27?/m0/s1. The van der Waals surface area contributed by atoms with Crippen molar-refractivity contribution in [3.63, 3.8) is 0 Å². The Bertz CT molecular complexity index is 845. The van der Waals surface area contributed by atoms with E-state index in [9.17, 15) is 19.5 Å². The highest BCUT2D eigenvalue weighted by Gasteiger charge is 2.79. The lowest BCUT2D eigenvalue weighted by Gasteiger charge is -2.38. The zero-order chi connectivity index (χ0) is 26.0. The van der Waals surface area contributed by atoms with Crippen LogP contribution in [0.2, 0.25) is 0 Å². The minimum Gasteiger partial charge on any atom is -0.396 e. The van der Waals surface area contributed by atoms with Crippen molar-refractivity contribution >= 4 is 17.7 Å². The van der Waals surface area contributed by atoms with E-state index in [1.807, 2.05) is 27.7 Å². The number of fused-ring (bicyclic) bond motifs is 1. The number of amides is 3. The van der Waals surface area contributed by atoms with Gasteiger partial charge in [0.15, 0.2) is 0 Å². The maximum Gasteiger partial charge on any atom is 0.248 e. The topological polar surface area (TPSA) is 90.4 Å². The van der Waals surface area contributed by atoms with Gasteiger partial charge in [-0.1, -0.05) is 26.0 Å². The first-order valence-electron chi connectivity index (χ1n) is 13.1. The summed E-state index contributed by atoms with van der Waals surface area (Å²) in [5.74, 6) is -1.82. The third kappa shape index (κ3) is 4.33. The van der Waals surface area contributed by atoms with Gasteiger partial charge in [0.05, 0.1) is 17.4 Å². The number of carbonyl (C=O) groups is 3. The summed E-state index contributed by atoms with van der Waals surface area (Å²) in [5.41, 5.74) is -1.80. The molecule has 2 unspecified atom stereocenters. The first-order chi connectivity index (χ1) is 16.7. The van der Waals surface area contributed by atoms with Gasteiger partial charge in [-0.3, -0.25) is 14.4 Å². The molecule has 3 aliphatic rings. The van der Waals surface area contributed by atoms with E-state index >= 15 is 0 Å². The first-order valence-corrected chi connectivity index (χ1v) is 13.1. The van der Waals surface area contributed by atoms with Gasteiger partial charge in [0.2, 0.25) is 17.7 Å². The first kappa shape index (κ1) is 27.4. The molecule has 2 bridgehead atoms. The Morgan fingerprint density at radius 1 is 1.20 bits per heavy atom. The predicted octanol–water partition coefficient (Wildman–Crippen LogP) is 2.37. The number of rotatable bonds is 13. The fourth-order valence-electron chi connectivity index (χ4n) is 6.62. The molecular formula is C27H43N3O5. The Labute approximate surface area is 210 Å². The molecule has 1 spiro atoms. The number of aliphatic hydroxyl groups excluding tert-OH is 1. The minimum atomic E-state index is -1.04. The summed E-state index contributed by atoms with van der Waals surface area (Å²) in [4.78, 5) is 47.2. The molecular weight excluding hydrogens is 446 g/mol. The Kier molecular flexibility index (Phi) is 8.48. The summed E-state index contributed by atoms with van der Waals surface area (Å²) >= 11 is 0. The van der Waals surface area contributed by atoms with Crippen molar-refractivity contribution in [1.29, 1.82) is 0 Å². The second-order valence-corrected chi connectivity index (χ2v) is 10.4. The van der Waals surface area contributed by atoms with E-state index in [4.69, 9.17) is 4.74 Å². The molecule has 3 rings (SSSR count). The lowest BCUT2D eigenvalue weighted by Crippen LogP contribution is -2.57. The highest BCUT2D eigenvalue weighted by molar-refractivity contribution is 5.99. The normalized spacial score (nSPS) is 31.1. The summed E-state index contributed by atoms with van der Waals surface area (Å²) in [5, 5.41) is 9.51. The Hall–Kier alpha value is -2.19. The maximum atomic E-state index is 14.1. The second kappa shape index (κ2) is 10.8. The number of ether oxygens (including phenoxy) is 1. The predicted molar refractivity (Wildman–Crippen MR) is 134 cm³/mol. The third-order valence-corrected chi connectivity index (χ3v) is 8.12. The van der Waals surface area contributed by atoms with Gasteiger partial charge >= 0.3 is 0 Å². The number of likely N-dealkylation sites (tertiary alicyclic amines) is 1. The van der Waals surface area contributed by atoms with E-state index in [0.717, 1.165) is 6.42 Å². The molecule has 3 heterocycles. The lowest BCUT2D eigenvalue weighted by molar-refractivity contribution is -0.155. The molecule has 3 saturated heterocycles. The van der Waals surface area contributed by atoms with Crippen molar-refractivity contribution < 1.29 is 24.2 Å². The van der Waals surface area contributed by atoms with Crippen LogP contribution >= 0.6 is 0 Å². The maximum absolute atomic E-state index is 14.1. The van der Waals surface area contributed by atoms with Crippen LogP contribution in [-0.2, 0) is 19.1 Å². The molecule has 1 N–H and O–H groups in total. The summed E-state index contributed by atoms with van der Waals surface area (Å²) in [6, 6.07) is -0.909. The van der Waals surface area contributed by atoms with Gasteiger partial charge in [-0.25, -0.2) is 0 Å². The zero-order valence-corrected chi connectivity index (χ0v) is 21.9. The van der Waals surface area contributed by atoms with Crippen LogP contribution in [0.3, 0.4) is 0 Å². The van der Waals surface area contributed by atoms with Crippen molar-refractivity contribution in [1.82, 2.24) is 14.7 Å². The molecule has 196 valence electrons. The van der Waals surface area contributed by atoms with Gasteiger partial charge in [0, 0.05) is 38.8 Å². The van der Waals surface area contributed by atoms with Crippen molar-refractivity contribution in [3.05, 3.63) is 25.3 Å². The second-order valence-electron chi connectivity index (χ2n) is 10.4. The average Bonchev–Trinajstić information content (AvgIpc) is 3.43. The number of carbonyl (C=O) groups excluding carboxylic acids is 3. The van der Waals surface area contributed by atoms with Crippen LogP contribution in [0.1, 0.15) is 59.8 Å². The number of hydrogen-bond acceptors (Lipinski definition) is 5. The fourth-order valence-corrected chi connectivity index (χ4v) is 6.62. The quantitative estimate of drug-likeness (QED) is 0.401.